The summed E-state index contributed by atoms with van der Waals surface area (Å²) in [5.74, 6) is -4.11. The first kappa shape index (κ1) is 86.5. The van der Waals surface area contributed by atoms with Crippen LogP contribution in [-0.4, -0.2) is 361 Å². The number of carbonyl (C=O) groups excluding carboxylic acids is 8. The van der Waals surface area contributed by atoms with E-state index in [0.717, 1.165) is 0 Å². The van der Waals surface area contributed by atoms with E-state index in [1.165, 1.54) is 30.6 Å². The first-order chi connectivity index (χ1) is 46.9. The van der Waals surface area contributed by atoms with E-state index < -0.39 is 179 Å². The standard InChI is InChI=1S/C59H106N9O30P/c1-35(72)63-47-53(83)50(80)39(32-69)94-56(47)91-26-23-88-20-13-60-42(75)29-66(30-43(76)61-14-21-89-24-27-92-57-48(64-36(2)73)54(84)51(81)40(33-70)95-57)16-8-17-68(46(79)10-7-9-45(78)67-18-11-38(12-19-67)97-99(86,87)98-59(4,5)6)31-44(77)62-15-22-90-25-28-93-58-49(65-37(3)74)55(85)52(82)41(34-71)96-58/h38-41,47-58,69-71,80-85H,7-34H2,1-6H3,(H,60,75)(H,61,76)(H,62,77)(H,63,72)(H,64,73)(H,65,74)(H,86,87). The van der Waals surface area contributed by atoms with Crippen molar-refractivity contribution in [1.82, 2.24) is 46.6 Å². The zero-order valence-corrected chi connectivity index (χ0v) is 57.9. The molecule has 0 aromatic rings. The number of carbonyl (C=O) groups is 8. The molecule has 0 bridgehead atoms. The number of hydrogen-bond donors (Lipinski definition) is 16. The number of phosphoric ester groups is 1. The fraction of sp³-hybridized carbons (Fsp3) is 0.864. The molecule has 4 fully saturated rings. The summed E-state index contributed by atoms with van der Waals surface area (Å²) in [7, 11) is -4.39. The highest BCUT2D eigenvalue weighted by Gasteiger charge is 2.48. The lowest BCUT2D eigenvalue weighted by atomic mass is 9.97. The third kappa shape index (κ3) is 31.7. The fourth-order valence-corrected chi connectivity index (χ4v) is 12.1. The van der Waals surface area contributed by atoms with E-state index in [9.17, 15) is 93.8 Å². The smallest absolute Gasteiger partial charge is 0.394 e. The van der Waals surface area contributed by atoms with Gasteiger partial charge in [-0.1, -0.05) is 0 Å². The van der Waals surface area contributed by atoms with Gasteiger partial charge in [0, 0.05) is 79.4 Å². The minimum Gasteiger partial charge on any atom is -0.394 e. The van der Waals surface area contributed by atoms with Crippen molar-refractivity contribution in [2.75, 3.05) is 145 Å². The second kappa shape index (κ2) is 44.6. The summed E-state index contributed by atoms with van der Waals surface area (Å²) < 4.78 is 73.5. The number of phosphoric acid groups is 1. The number of likely N-dealkylation sites (tertiary alicyclic amines) is 1. The van der Waals surface area contributed by atoms with Gasteiger partial charge in [-0.15, -0.1) is 0 Å². The lowest BCUT2D eigenvalue weighted by molar-refractivity contribution is -0.272. The van der Waals surface area contributed by atoms with Crippen LogP contribution in [0.25, 0.3) is 0 Å². The molecule has 0 spiro atoms. The average Bonchev–Trinajstić information content (AvgIpc) is 0.830. The van der Waals surface area contributed by atoms with E-state index in [-0.39, 0.29) is 163 Å². The number of ether oxygens (including phenoxy) is 9. The van der Waals surface area contributed by atoms with Crippen LogP contribution in [-0.2, 0) is 94.6 Å². The molecular formula is C59H106N9O30P. The van der Waals surface area contributed by atoms with Crippen molar-refractivity contribution < 1.29 is 145 Å². The van der Waals surface area contributed by atoms with Crippen LogP contribution < -0.4 is 31.9 Å². The second-order valence-corrected chi connectivity index (χ2v) is 26.2. The van der Waals surface area contributed by atoms with Crippen molar-refractivity contribution in [3.63, 3.8) is 0 Å². The van der Waals surface area contributed by atoms with Gasteiger partial charge >= 0.3 is 7.82 Å². The molecule has 4 aliphatic rings. The maximum Gasteiger partial charge on any atom is 0.472 e. The summed E-state index contributed by atoms with van der Waals surface area (Å²) in [4.78, 5) is 118. The third-order valence-corrected chi connectivity index (χ3v) is 16.9. The SMILES string of the molecule is CC(=O)NC1C(OCCOCCNC(=O)CN(CCCN(CC(=O)NCCOCCOC2OC(CO)C(O)C(O)C2NC(C)=O)C(=O)CCCC(=O)N2CCC(OP(=O)(O)OC(C)(C)C)CC2)CC(=O)NCCOCCOC2OC(CO)C(O)C(O)C2NC(C)=O)OC(CO)C(O)C1O. The van der Waals surface area contributed by atoms with Crippen LogP contribution in [0.5, 0.6) is 0 Å². The molecule has 0 saturated carbocycles. The van der Waals surface area contributed by atoms with Gasteiger partial charge in [-0.2, -0.15) is 0 Å². The molecule has 0 radical (unpaired) electrons. The molecule has 16 N–H and O–H groups in total. The van der Waals surface area contributed by atoms with Crippen LogP contribution in [0.15, 0.2) is 0 Å². The number of piperidine rings is 1. The zero-order chi connectivity index (χ0) is 73.4. The molecule has 0 aromatic carbocycles. The van der Waals surface area contributed by atoms with Crippen LogP contribution >= 0.6 is 7.82 Å². The Hall–Kier alpha value is -4.89. The molecule has 16 unspecified atom stereocenters. The molecule has 4 saturated heterocycles. The molecule has 8 amide bonds. The molecule has 16 atom stereocenters. The number of rotatable bonds is 44. The van der Waals surface area contributed by atoms with E-state index >= 15 is 0 Å². The largest absolute Gasteiger partial charge is 0.472 e. The number of aliphatic hydroxyl groups is 9. The summed E-state index contributed by atoms with van der Waals surface area (Å²) >= 11 is 0. The van der Waals surface area contributed by atoms with E-state index in [0.29, 0.717) is 0 Å². The van der Waals surface area contributed by atoms with E-state index in [4.69, 9.17) is 51.7 Å². The topological polar surface area (TPSA) is 539 Å². The van der Waals surface area contributed by atoms with Crippen LogP contribution in [0.4, 0.5) is 0 Å². The van der Waals surface area contributed by atoms with Gasteiger partial charge in [0.15, 0.2) is 18.9 Å². The Morgan fingerprint density at radius 2 is 0.889 bits per heavy atom. The van der Waals surface area contributed by atoms with E-state index in [1.54, 1.807) is 25.7 Å². The number of amides is 8. The van der Waals surface area contributed by atoms with Gasteiger partial charge in [-0.25, -0.2) is 4.57 Å². The van der Waals surface area contributed by atoms with Crippen molar-refractivity contribution in [3.05, 3.63) is 0 Å². The number of nitrogens with zero attached hydrogens (tertiary/aromatic N) is 3. The molecule has 4 rings (SSSR count). The zero-order valence-electron chi connectivity index (χ0n) is 57.0. The quantitative estimate of drug-likeness (QED) is 0.0199. The van der Waals surface area contributed by atoms with Gasteiger partial charge in [0.2, 0.25) is 47.3 Å². The van der Waals surface area contributed by atoms with Crippen molar-refractivity contribution in [2.45, 2.75) is 184 Å². The van der Waals surface area contributed by atoms with E-state index in [2.05, 4.69) is 31.9 Å². The molecule has 39 nitrogen and oxygen atoms in total. The molecule has 4 heterocycles. The number of aliphatic hydroxyl groups excluding tert-OH is 9. The Balaban J connectivity index is 1.37. The monoisotopic (exact) mass is 1450 g/mol. The Labute approximate surface area is 573 Å². The first-order valence-electron chi connectivity index (χ1n) is 32.9. The van der Waals surface area contributed by atoms with Gasteiger partial charge in [0.25, 0.3) is 0 Å². The summed E-state index contributed by atoms with van der Waals surface area (Å²) in [5.41, 5.74) is -0.949. The maximum atomic E-state index is 14.0. The molecule has 0 aromatic heterocycles. The van der Waals surface area contributed by atoms with Crippen molar-refractivity contribution in [2.24, 2.45) is 0 Å². The maximum absolute atomic E-state index is 14.0. The number of hydrogen-bond acceptors (Lipinski definition) is 30. The predicted octanol–water partition coefficient (Wildman–Crippen LogP) is -8.12. The molecule has 572 valence electrons. The molecule has 4 aliphatic heterocycles. The highest BCUT2D eigenvalue weighted by Crippen LogP contribution is 2.49. The van der Waals surface area contributed by atoms with Crippen LogP contribution in [0.1, 0.15) is 80.1 Å². The van der Waals surface area contributed by atoms with E-state index in [1.807, 2.05) is 0 Å². The van der Waals surface area contributed by atoms with Crippen molar-refractivity contribution in [3.8, 4) is 0 Å². The van der Waals surface area contributed by atoms with Crippen molar-refractivity contribution in [1.29, 1.82) is 0 Å². The summed E-state index contributed by atoms with van der Waals surface area (Å²) in [6, 6.07) is -3.53. The molecule has 40 heteroatoms. The minimum atomic E-state index is -4.39. The average molecular weight is 1450 g/mol. The third-order valence-electron chi connectivity index (χ3n) is 15.6. The van der Waals surface area contributed by atoms with Crippen LogP contribution in [0, 0.1) is 0 Å². The van der Waals surface area contributed by atoms with Gasteiger partial charge < -0.3 is 135 Å². The van der Waals surface area contributed by atoms with Gasteiger partial charge in [-0.3, -0.25) is 52.3 Å². The molecule has 99 heavy (non-hydrogen) atoms. The van der Waals surface area contributed by atoms with Crippen molar-refractivity contribution >= 4 is 55.1 Å². The van der Waals surface area contributed by atoms with Gasteiger partial charge in [-0.05, 0) is 46.5 Å². The summed E-state index contributed by atoms with van der Waals surface area (Å²) in [6.07, 6.45) is -16.7. The Bertz CT molecular complexity index is 2450. The molecular weight excluding hydrogens is 1350 g/mol. The normalized spacial score (nSPS) is 27.4. The summed E-state index contributed by atoms with van der Waals surface area (Å²) in [5, 5.41) is 107. The Morgan fingerprint density at radius 3 is 1.24 bits per heavy atom. The fourth-order valence-electron chi connectivity index (χ4n) is 10.8. The second-order valence-electron chi connectivity index (χ2n) is 24.9. The Morgan fingerprint density at radius 1 is 0.515 bits per heavy atom. The predicted molar refractivity (Wildman–Crippen MR) is 338 cm³/mol. The minimum absolute atomic E-state index is 0.00483. The number of nitrogens with one attached hydrogen (secondary N) is 6. The lowest BCUT2D eigenvalue weighted by Gasteiger charge is -2.42. The van der Waals surface area contributed by atoms with Crippen LogP contribution in [0.3, 0.4) is 0 Å². The molecule has 0 aliphatic carbocycles. The highest BCUT2D eigenvalue weighted by atomic mass is 31.2. The summed E-state index contributed by atoms with van der Waals surface area (Å²) in [6.45, 7) is 4.77. The van der Waals surface area contributed by atoms with Gasteiger partial charge in [0.05, 0.1) is 111 Å². The van der Waals surface area contributed by atoms with Gasteiger partial charge in [0.1, 0.15) is 73.1 Å². The highest BCUT2D eigenvalue weighted by molar-refractivity contribution is 7.47. The Kier molecular flexibility index (Phi) is 39.0. The lowest BCUT2D eigenvalue weighted by Crippen LogP contribution is -2.64. The van der Waals surface area contributed by atoms with Crippen LogP contribution in [0.2, 0.25) is 0 Å². The first-order valence-corrected chi connectivity index (χ1v) is 34.4.